The zero-order chi connectivity index (χ0) is 26.1. The third kappa shape index (κ3) is 6.71. The second-order valence-corrected chi connectivity index (χ2v) is 10.6. The van der Waals surface area contributed by atoms with Gasteiger partial charge in [-0.2, -0.15) is 0 Å². The molecule has 2 atom stereocenters. The predicted molar refractivity (Wildman–Crippen MR) is 141 cm³/mol. The number of hydrogen-bond acceptors (Lipinski definition) is 11. The van der Waals surface area contributed by atoms with Gasteiger partial charge in [-0.15, -0.1) is 0 Å². The quantitative estimate of drug-likeness (QED) is 0.205. The molecule has 0 aliphatic carbocycles. The van der Waals surface area contributed by atoms with Gasteiger partial charge in [0.2, 0.25) is 0 Å². The Kier molecular flexibility index (Phi) is 11.8. The Morgan fingerprint density at radius 2 is 0.857 bits per heavy atom. The van der Waals surface area contributed by atoms with E-state index in [0.29, 0.717) is 44.3 Å². The second kappa shape index (κ2) is 14.1. The van der Waals surface area contributed by atoms with Crippen LogP contribution in [0.4, 0.5) is 0 Å². The number of rotatable bonds is 14. The third-order valence-electron chi connectivity index (χ3n) is 4.95. The van der Waals surface area contributed by atoms with Crippen LogP contribution in [0.5, 0.6) is 34.5 Å². The van der Waals surface area contributed by atoms with Crippen molar-refractivity contribution in [2.45, 2.75) is 44.3 Å². The van der Waals surface area contributed by atoms with Crippen LogP contribution in [0.25, 0.3) is 0 Å². The smallest absolute Gasteiger partial charge is 0.179 e. The molecule has 0 heterocycles. The summed E-state index contributed by atoms with van der Waals surface area (Å²) in [6.07, 6.45) is 0. The van der Waals surface area contributed by atoms with E-state index >= 15 is 0 Å². The van der Waals surface area contributed by atoms with E-state index in [1.807, 2.05) is 26.0 Å². The molecule has 35 heavy (non-hydrogen) atoms. The van der Waals surface area contributed by atoms with Gasteiger partial charge in [0.25, 0.3) is 0 Å². The highest BCUT2D eigenvalue weighted by atomic mass is 32.2. The first-order valence-electron chi connectivity index (χ1n) is 10.6. The van der Waals surface area contributed by atoms with Crippen LogP contribution >= 0.6 is 35.3 Å². The summed E-state index contributed by atoms with van der Waals surface area (Å²) >= 11 is 4.38. The Balaban J connectivity index is 2.75. The Labute approximate surface area is 220 Å². The molecule has 2 aromatic carbocycles. The zero-order valence-corrected chi connectivity index (χ0v) is 24.2. The van der Waals surface area contributed by atoms with E-state index in [2.05, 4.69) is 0 Å². The molecule has 2 rings (SSSR count). The molecule has 0 radical (unpaired) electrons. The molecule has 0 aliphatic heterocycles. The van der Waals surface area contributed by atoms with Crippen LogP contribution in [0.15, 0.2) is 31.7 Å². The Hall–Kier alpha value is -1.79. The van der Waals surface area contributed by atoms with Crippen LogP contribution in [0.1, 0.15) is 13.8 Å². The van der Waals surface area contributed by atoms with Gasteiger partial charge in [-0.05, 0) is 26.0 Å². The largest absolute Gasteiger partial charge is 0.495 e. The van der Waals surface area contributed by atoms with E-state index in [1.54, 1.807) is 56.9 Å². The molecule has 0 fully saturated rings. The lowest BCUT2D eigenvalue weighted by molar-refractivity contribution is 0.187. The molecule has 2 unspecified atom stereocenters. The molecular weight excluding hydrogens is 512 g/mol. The maximum atomic E-state index is 5.82. The van der Waals surface area contributed by atoms with Crippen LogP contribution in [0.2, 0.25) is 0 Å². The molecule has 0 saturated heterocycles. The van der Waals surface area contributed by atoms with Crippen molar-refractivity contribution in [3.05, 3.63) is 12.1 Å². The monoisotopic (exact) mass is 546 g/mol. The van der Waals surface area contributed by atoms with Crippen molar-refractivity contribution in [2.24, 2.45) is 0 Å². The normalized spacial score (nSPS) is 12.6. The van der Waals surface area contributed by atoms with Gasteiger partial charge >= 0.3 is 0 Å². The van der Waals surface area contributed by atoms with Gasteiger partial charge in [0.1, 0.15) is 32.2 Å². The van der Waals surface area contributed by atoms with Crippen molar-refractivity contribution in [3.63, 3.8) is 0 Å². The molecule has 0 bridgehead atoms. The Morgan fingerprint density at radius 3 is 1.11 bits per heavy atom. The van der Waals surface area contributed by atoms with Gasteiger partial charge in [-0.3, -0.25) is 0 Å². The number of methoxy groups -OCH3 is 8. The van der Waals surface area contributed by atoms with Crippen LogP contribution in [0, 0.1) is 0 Å². The molecule has 2 aromatic rings. The molecule has 196 valence electrons. The van der Waals surface area contributed by atoms with E-state index in [1.165, 1.54) is 35.3 Å². The fourth-order valence-corrected chi connectivity index (χ4v) is 6.19. The third-order valence-corrected chi connectivity index (χ3v) is 8.30. The van der Waals surface area contributed by atoms with Crippen LogP contribution < -0.4 is 28.4 Å². The predicted octanol–water partition coefficient (Wildman–Crippen LogP) is 6.06. The molecule has 0 aliphatic rings. The van der Waals surface area contributed by atoms with Gasteiger partial charge in [0, 0.05) is 14.2 Å². The van der Waals surface area contributed by atoms with Gasteiger partial charge in [-0.25, -0.2) is 0 Å². The first-order chi connectivity index (χ1) is 16.8. The van der Waals surface area contributed by atoms with Gasteiger partial charge in [0.05, 0.1) is 52.4 Å². The lowest BCUT2D eigenvalue weighted by atomic mass is 10.3. The minimum Gasteiger partial charge on any atom is -0.495 e. The first kappa shape index (κ1) is 29.4. The molecule has 0 N–H and O–H groups in total. The summed E-state index contributed by atoms with van der Waals surface area (Å²) in [7, 11) is 12.9. The molecule has 11 heteroatoms. The molecule has 0 aromatic heterocycles. The molecule has 0 spiro atoms. The number of thioether (sulfide) groups is 2. The van der Waals surface area contributed by atoms with Crippen LogP contribution in [0.3, 0.4) is 0 Å². The summed E-state index contributed by atoms with van der Waals surface area (Å²) in [4.78, 5) is 3.06. The van der Waals surface area contributed by atoms with E-state index in [0.717, 1.165) is 9.79 Å². The summed E-state index contributed by atoms with van der Waals surface area (Å²) in [6, 6.07) is 3.81. The summed E-state index contributed by atoms with van der Waals surface area (Å²) in [5, 5.41) is 0. The number of hydrogen-bond donors (Lipinski definition) is 0. The molecular formula is C24H34O8S3. The first-order valence-corrected chi connectivity index (χ1v) is 13.1. The van der Waals surface area contributed by atoms with E-state index in [9.17, 15) is 0 Å². The lowest BCUT2D eigenvalue weighted by Crippen LogP contribution is -2.03. The van der Waals surface area contributed by atoms with Crippen molar-refractivity contribution < 1.29 is 37.9 Å². The highest BCUT2D eigenvalue weighted by Gasteiger charge is 2.28. The van der Waals surface area contributed by atoms with Crippen molar-refractivity contribution in [1.29, 1.82) is 0 Å². The average molecular weight is 547 g/mol. The maximum Gasteiger partial charge on any atom is 0.179 e. The highest BCUT2D eigenvalue weighted by molar-refractivity contribution is 8.00. The topological polar surface area (TPSA) is 73.8 Å². The summed E-state index contributed by atoms with van der Waals surface area (Å²) in [5.74, 6) is 3.42. The van der Waals surface area contributed by atoms with Gasteiger partial charge in [0.15, 0.2) is 23.0 Å². The van der Waals surface area contributed by atoms with E-state index < -0.39 is 0 Å². The fourth-order valence-electron chi connectivity index (χ4n) is 3.14. The number of ether oxygens (including phenoxy) is 8. The fraction of sp³-hybridized carbons (Fsp3) is 0.500. The van der Waals surface area contributed by atoms with Crippen molar-refractivity contribution >= 4 is 35.3 Å². The minimum atomic E-state index is -0.0965. The van der Waals surface area contributed by atoms with Gasteiger partial charge in [-0.1, -0.05) is 35.3 Å². The average Bonchev–Trinajstić information content (AvgIpc) is 2.88. The summed E-state index contributed by atoms with van der Waals surface area (Å²) < 4.78 is 45.5. The summed E-state index contributed by atoms with van der Waals surface area (Å²) in [5.41, 5.74) is -0.193. The second-order valence-electron chi connectivity index (χ2n) is 6.89. The number of benzene rings is 2. The van der Waals surface area contributed by atoms with Crippen molar-refractivity contribution in [3.8, 4) is 34.5 Å². The zero-order valence-electron chi connectivity index (χ0n) is 21.8. The van der Waals surface area contributed by atoms with Crippen LogP contribution in [-0.4, -0.2) is 67.8 Å². The lowest BCUT2D eigenvalue weighted by Gasteiger charge is -2.23. The van der Waals surface area contributed by atoms with Gasteiger partial charge < -0.3 is 37.9 Å². The highest BCUT2D eigenvalue weighted by Crippen LogP contribution is 2.57. The van der Waals surface area contributed by atoms with Crippen molar-refractivity contribution in [2.75, 3.05) is 56.9 Å². The summed E-state index contributed by atoms with van der Waals surface area (Å²) in [6.45, 7) is 3.91. The molecule has 0 amide bonds. The Bertz CT molecular complexity index is 909. The van der Waals surface area contributed by atoms with E-state index in [-0.39, 0.29) is 10.9 Å². The van der Waals surface area contributed by atoms with Crippen LogP contribution in [-0.2, 0) is 9.47 Å². The Morgan fingerprint density at radius 1 is 0.514 bits per heavy atom. The molecule has 0 saturated carbocycles. The maximum absolute atomic E-state index is 5.82. The van der Waals surface area contributed by atoms with E-state index in [4.69, 9.17) is 37.9 Å². The minimum absolute atomic E-state index is 0.0965. The van der Waals surface area contributed by atoms with Crippen molar-refractivity contribution in [1.82, 2.24) is 0 Å². The molecule has 8 nitrogen and oxygen atoms in total. The standard InChI is InChI=1S/C24H34O8S3/c1-13(25-3)33-17-11-15(27-5)23(21(31-9)19(17)29-7)35-24-16(28-6)12-18(34-14(2)26-4)20(30-8)22(24)32-10/h11-14H,1-10H3. The SMILES string of the molecule is COc1cc(SC(C)OC)c(OC)c(OC)c1Sc1c(OC)cc(SC(C)OC)c(OC)c1OC.